The van der Waals surface area contributed by atoms with Crippen molar-refractivity contribution in [3.63, 3.8) is 0 Å². The number of imidazole rings is 1. The van der Waals surface area contributed by atoms with Gasteiger partial charge in [0.05, 0.1) is 44.7 Å². The van der Waals surface area contributed by atoms with Crippen LogP contribution in [0.15, 0.2) is 79.0 Å². The largest absolute Gasteiger partial charge is 0.453 e. The Kier molecular flexibility index (Phi) is 11.9. The number of carbonyl (C=O) groups is 5. The minimum atomic E-state index is -0.848. The van der Waals surface area contributed by atoms with E-state index >= 15 is 0 Å². The van der Waals surface area contributed by atoms with Crippen LogP contribution in [-0.4, -0.2) is 93.9 Å². The number of hydrogen-bond donors (Lipinski definition) is 4. The van der Waals surface area contributed by atoms with Gasteiger partial charge in [0, 0.05) is 24.4 Å². The number of nitrogens with one attached hydrogen (secondary N) is 4. The van der Waals surface area contributed by atoms with Crippen molar-refractivity contribution in [1.29, 1.82) is 0 Å². The maximum atomic E-state index is 13.6. The van der Waals surface area contributed by atoms with Crippen LogP contribution in [0.3, 0.4) is 0 Å². The molecule has 0 aliphatic carbocycles. The number of ether oxygens (including phenoxy) is 2. The lowest BCUT2D eigenvalue weighted by molar-refractivity contribution is -0.136. The highest BCUT2D eigenvalue weighted by atomic mass is 16.5. The maximum Gasteiger partial charge on any atom is 0.407 e. The van der Waals surface area contributed by atoms with Crippen molar-refractivity contribution in [3.05, 3.63) is 90.5 Å². The highest BCUT2D eigenvalue weighted by Crippen LogP contribution is 2.36. The Labute approximate surface area is 343 Å². The molecule has 0 radical (unpaired) electrons. The number of likely N-dealkylation sites (tertiary alicyclic amines) is 2. The first-order valence-corrected chi connectivity index (χ1v) is 20.1. The third-order valence-electron chi connectivity index (χ3n) is 11.4. The standard InChI is InChI=1S/C45H51N7O7/c1-25(2)39(49-44(56)58-5)42(54)51-19-7-8-37(51)35-18-17-34(47-35)32-16-15-30-20-29(13-14-31(30)21-32)27-9-11-28(12-10-27)36-23-46-41(48-36)38-22-33(53)24-52(38)43(55)40(26(3)4)50-45(57)59-6/h9-18,20-21,23,25-26,37-40,47H,7-8,19,22,24H2,1-6H3,(H,46,48)(H,49,56)(H,50,57). The molecule has 14 heteroatoms. The van der Waals surface area contributed by atoms with Gasteiger partial charge in [-0.1, -0.05) is 76.2 Å². The molecule has 0 spiro atoms. The topological polar surface area (TPSA) is 179 Å². The molecule has 4 N–H and O–H groups in total. The average Bonchev–Trinajstić information content (AvgIpc) is 4.08. The second-order valence-corrected chi connectivity index (χ2v) is 16.0. The van der Waals surface area contributed by atoms with E-state index in [9.17, 15) is 24.0 Å². The smallest absolute Gasteiger partial charge is 0.407 e. The van der Waals surface area contributed by atoms with Gasteiger partial charge in [0.2, 0.25) is 11.8 Å². The number of carbonyl (C=O) groups excluding carboxylic acids is 5. The molecule has 2 aliphatic heterocycles. The summed E-state index contributed by atoms with van der Waals surface area (Å²) in [6, 6.07) is 22.8. The van der Waals surface area contributed by atoms with E-state index in [1.807, 2.05) is 50.8 Å². The number of alkyl carbamates (subject to hydrolysis) is 2. The first-order valence-electron chi connectivity index (χ1n) is 20.1. The Balaban J connectivity index is 1.03. The van der Waals surface area contributed by atoms with E-state index in [0.29, 0.717) is 12.4 Å². The molecule has 0 bridgehead atoms. The van der Waals surface area contributed by atoms with Crippen molar-refractivity contribution in [2.45, 2.75) is 71.1 Å². The Hall–Kier alpha value is -6.44. The minimum Gasteiger partial charge on any atom is -0.453 e. The highest BCUT2D eigenvalue weighted by molar-refractivity contribution is 5.94. The summed E-state index contributed by atoms with van der Waals surface area (Å²) in [5, 5.41) is 7.51. The van der Waals surface area contributed by atoms with Gasteiger partial charge in [-0.05, 0) is 82.0 Å². The van der Waals surface area contributed by atoms with Crippen molar-refractivity contribution in [2.75, 3.05) is 27.3 Å². The molecule has 3 aromatic carbocycles. The number of H-pyrrole nitrogens is 2. The van der Waals surface area contributed by atoms with Crippen molar-refractivity contribution in [1.82, 2.24) is 35.4 Å². The van der Waals surface area contributed by atoms with Crippen molar-refractivity contribution >= 4 is 40.6 Å². The average molecular weight is 802 g/mol. The van der Waals surface area contributed by atoms with Gasteiger partial charge in [-0.2, -0.15) is 0 Å². The number of aromatic amines is 2. The lowest BCUT2D eigenvalue weighted by Crippen LogP contribution is -2.51. The van der Waals surface area contributed by atoms with Gasteiger partial charge >= 0.3 is 12.2 Å². The molecule has 5 aromatic rings. The first-order chi connectivity index (χ1) is 28.3. The monoisotopic (exact) mass is 801 g/mol. The summed E-state index contributed by atoms with van der Waals surface area (Å²) < 4.78 is 9.49. The molecule has 308 valence electrons. The molecular weight excluding hydrogens is 751 g/mol. The lowest BCUT2D eigenvalue weighted by atomic mass is 9.98. The number of rotatable bonds is 11. The normalized spacial score (nSPS) is 17.7. The fourth-order valence-corrected chi connectivity index (χ4v) is 8.14. The van der Waals surface area contributed by atoms with E-state index in [0.717, 1.165) is 62.9 Å². The second kappa shape index (κ2) is 17.2. The number of Topliss-reactive ketones (excluding diaryl/α,β-unsaturated/α-hetero) is 1. The Bertz CT molecular complexity index is 2360. The molecule has 2 fully saturated rings. The number of aromatic nitrogens is 3. The summed E-state index contributed by atoms with van der Waals surface area (Å²) in [5.74, 6) is -0.353. The molecule has 2 aromatic heterocycles. The lowest BCUT2D eigenvalue weighted by Gasteiger charge is -2.30. The third kappa shape index (κ3) is 8.57. The number of fused-ring (bicyclic) bond motifs is 1. The molecule has 59 heavy (non-hydrogen) atoms. The van der Waals surface area contributed by atoms with Crippen molar-refractivity contribution < 1.29 is 33.4 Å². The fourth-order valence-electron chi connectivity index (χ4n) is 8.14. The van der Waals surface area contributed by atoms with Crippen LogP contribution in [0.4, 0.5) is 9.59 Å². The summed E-state index contributed by atoms with van der Waals surface area (Å²) in [5.41, 5.74) is 6.73. The predicted molar refractivity (Wildman–Crippen MR) is 223 cm³/mol. The van der Waals surface area contributed by atoms with Gasteiger partial charge in [-0.15, -0.1) is 0 Å². The molecule has 4 amide bonds. The molecular formula is C45H51N7O7. The molecule has 4 heterocycles. The zero-order valence-corrected chi connectivity index (χ0v) is 34.2. The van der Waals surface area contributed by atoms with Crippen LogP contribution < -0.4 is 10.6 Å². The van der Waals surface area contributed by atoms with E-state index < -0.39 is 30.3 Å². The van der Waals surface area contributed by atoms with Gasteiger partial charge in [-0.25, -0.2) is 14.6 Å². The summed E-state index contributed by atoms with van der Waals surface area (Å²) in [7, 11) is 2.54. The van der Waals surface area contributed by atoms with Crippen molar-refractivity contribution in [3.8, 4) is 33.6 Å². The number of nitrogens with zero attached hydrogens (tertiary/aromatic N) is 3. The number of benzene rings is 3. The van der Waals surface area contributed by atoms with Crippen LogP contribution in [0.25, 0.3) is 44.4 Å². The predicted octanol–water partition coefficient (Wildman–Crippen LogP) is 7.16. The molecule has 4 atom stereocenters. The molecule has 2 aliphatic rings. The van der Waals surface area contributed by atoms with E-state index in [2.05, 4.69) is 80.2 Å². The van der Waals surface area contributed by atoms with Gasteiger partial charge in [0.25, 0.3) is 0 Å². The van der Waals surface area contributed by atoms with E-state index in [-0.39, 0.29) is 48.4 Å². The van der Waals surface area contributed by atoms with Gasteiger partial charge in [-0.3, -0.25) is 14.4 Å². The van der Waals surface area contributed by atoms with E-state index in [1.54, 1.807) is 6.20 Å². The van der Waals surface area contributed by atoms with Crippen LogP contribution in [0.2, 0.25) is 0 Å². The Morgan fingerprint density at radius 2 is 1.27 bits per heavy atom. The van der Waals surface area contributed by atoms with Crippen molar-refractivity contribution in [2.24, 2.45) is 11.8 Å². The molecule has 7 rings (SSSR count). The maximum absolute atomic E-state index is 13.6. The molecule has 0 saturated carbocycles. The van der Waals surface area contributed by atoms with E-state index in [4.69, 9.17) is 9.47 Å². The van der Waals surface area contributed by atoms with Gasteiger partial charge in [0.15, 0.2) is 5.78 Å². The van der Waals surface area contributed by atoms with Crippen LogP contribution in [-0.2, 0) is 23.9 Å². The van der Waals surface area contributed by atoms with Crippen LogP contribution in [0.5, 0.6) is 0 Å². The van der Waals surface area contributed by atoms with Gasteiger partial charge < -0.3 is 39.9 Å². The SMILES string of the molecule is COC(=O)NC(C(=O)N1CCCC1c1ccc(-c2ccc3cc(-c4ccc(-c5cnc(C6CC(=O)CN6C(=O)C(NC(=O)OC)C(C)C)[nH]5)cc4)ccc3c2)[nH]1)C(C)C. The summed E-state index contributed by atoms with van der Waals surface area (Å²) in [4.78, 5) is 78.5. The van der Waals surface area contributed by atoms with Crippen LogP contribution >= 0.6 is 0 Å². The van der Waals surface area contributed by atoms with E-state index in [1.165, 1.54) is 19.1 Å². The molecule has 4 unspecified atom stereocenters. The fraction of sp³-hybridized carbons (Fsp3) is 0.378. The zero-order valence-electron chi connectivity index (χ0n) is 34.2. The second-order valence-electron chi connectivity index (χ2n) is 16.0. The summed E-state index contributed by atoms with van der Waals surface area (Å²) >= 11 is 0. The molecule has 2 saturated heterocycles. The number of hydrogen-bond acceptors (Lipinski definition) is 8. The number of amides is 4. The third-order valence-corrected chi connectivity index (χ3v) is 11.4. The highest BCUT2D eigenvalue weighted by Gasteiger charge is 2.41. The minimum absolute atomic E-state index is 0.0538. The summed E-state index contributed by atoms with van der Waals surface area (Å²) in [6.07, 6.45) is 2.23. The molecule has 14 nitrogen and oxygen atoms in total. The Morgan fingerprint density at radius 3 is 1.90 bits per heavy atom. The number of methoxy groups -OCH3 is 2. The van der Waals surface area contributed by atoms with Gasteiger partial charge in [0.1, 0.15) is 17.9 Å². The quantitative estimate of drug-likeness (QED) is 0.109. The first kappa shape index (κ1) is 40.7. The number of ketones is 1. The van der Waals surface area contributed by atoms with Crippen LogP contribution in [0, 0.1) is 11.8 Å². The zero-order chi connectivity index (χ0) is 42.0. The summed E-state index contributed by atoms with van der Waals surface area (Å²) in [6.45, 7) is 8.04. The Morgan fingerprint density at radius 1 is 0.695 bits per heavy atom. The van der Waals surface area contributed by atoms with Crippen LogP contribution in [0.1, 0.15) is 70.6 Å².